The topological polar surface area (TPSA) is 116 Å². The molecule has 4 rings (SSSR count). The number of aryl methyl sites for hydroxylation is 4. The first-order valence-corrected chi connectivity index (χ1v) is 9.95. The van der Waals surface area contributed by atoms with Gasteiger partial charge in [-0.3, -0.25) is 9.59 Å². The molecule has 0 saturated carbocycles. The zero-order valence-corrected chi connectivity index (χ0v) is 17.8. The number of nitrogens with zero attached hydrogens (tertiary/aromatic N) is 3. The van der Waals surface area contributed by atoms with Crippen molar-refractivity contribution in [3.05, 3.63) is 64.7 Å². The Morgan fingerprint density at radius 3 is 2.58 bits per heavy atom. The summed E-state index contributed by atoms with van der Waals surface area (Å²) in [5.41, 5.74) is 10.3. The summed E-state index contributed by atoms with van der Waals surface area (Å²) in [7, 11) is 0. The number of fused-ring (bicyclic) bond motifs is 1. The second kappa shape index (κ2) is 7.71. The minimum Gasteiger partial charge on any atom is -0.451 e. The first kappa shape index (κ1) is 20.3. The summed E-state index contributed by atoms with van der Waals surface area (Å²) in [6, 6.07) is 10.5. The molecule has 0 fully saturated rings. The molecule has 0 spiro atoms. The minimum absolute atomic E-state index is 0.0826. The van der Waals surface area contributed by atoms with E-state index in [1.165, 1.54) is 6.07 Å². The second-order valence-corrected chi connectivity index (χ2v) is 7.42. The Balaban J connectivity index is 1.72. The standard InChI is InChI=1S/C23H23N5O3/c1-5-28-22-20(14(4)27-28)16(10-13(3)25-22)23(30)26-17-11-15(7-6-12(17)2)18-8-9-19(31-18)21(24)29/h6-11H,5H2,1-4H3,(H2,24,29)(H,26,30). The van der Waals surface area contributed by atoms with Crippen LogP contribution in [0.5, 0.6) is 0 Å². The van der Waals surface area contributed by atoms with Crippen molar-refractivity contribution in [3.63, 3.8) is 0 Å². The van der Waals surface area contributed by atoms with Crippen LogP contribution >= 0.6 is 0 Å². The van der Waals surface area contributed by atoms with Gasteiger partial charge in [0.25, 0.3) is 11.8 Å². The minimum atomic E-state index is -0.632. The Kier molecular flexibility index (Phi) is 5.06. The summed E-state index contributed by atoms with van der Waals surface area (Å²) < 4.78 is 7.31. The van der Waals surface area contributed by atoms with E-state index in [4.69, 9.17) is 10.2 Å². The average molecular weight is 417 g/mol. The van der Waals surface area contributed by atoms with Crippen molar-refractivity contribution in [1.29, 1.82) is 0 Å². The molecule has 0 aliphatic heterocycles. The smallest absolute Gasteiger partial charge is 0.284 e. The fraction of sp³-hybridized carbons (Fsp3) is 0.217. The molecular formula is C23H23N5O3. The van der Waals surface area contributed by atoms with E-state index in [2.05, 4.69) is 15.4 Å². The molecule has 8 heteroatoms. The number of nitrogens with one attached hydrogen (secondary N) is 1. The van der Waals surface area contributed by atoms with Crippen molar-refractivity contribution in [3.8, 4) is 11.3 Å². The number of furan rings is 1. The van der Waals surface area contributed by atoms with Crippen LogP contribution in [-0.4, -0.2) is 26.6 Å². The fourth-order valence-electron chi connectivity index (χ4n) is 3.60. The number of nitrogens with two attached hydrogens (primary N) is 1. The Hall–Kier alpha value is -3.94. The number of primary amides is 1. The van der Waals surface area contributed by atoms with Crippen molar-refractivity contribution >= 4 is 28.5 Å². The number of pyridine rings is 1. The molecule has 2 amide bonds. The molecule has 1 aromatic carbocycles. The van der Waals surface area contributed by atoms with Crippen LogP contribution < -0.4 is 11.1 Å². The maximum atomic E-state index is 13.3. The number of anilines is 1. The Bertz CT molecular complexity index is 1330. The summed E-state index contributed by atoms with van der Waals surface area (Å²) >= 11 is 0. The Morgan fingerprint density at radius 2 is 1.90 bits per heavy atom. The summed E-state index contributed by atoms with van der Waals surface area (Å²) in [6.45, 7) is 8.30. The lowest BCUT2D eigenvalue weighted by molar-refractivity contribution is 0.0973. The predicted molar refractivity (Wildman–Crippen MR) is 118 cm³/mol. The Morgan fingerprint density at radius 1 is 1.13 bits per heavy atom. The van der Waals surface area contributed by atoms with Gasteiger partial charge in [0.1, 0.15) is 5.76 Å². The summed E-state index contributed by atoms with van der Waals surface area (Å²) in [6.07, 6.45) is 0. The molecule has 0 atom stereocenters. The number of hydrogen-bond acceptors (Lipinski definition) is 5. The number of amides is 2. The van der Waals surface area contributed by atoms with Gasteiger partial charge in [0.2, 0.25) is 0 Å². The van der Waals surface area contributed by atoms with E-state index in [1.807, 2.05) is 45.9 Å². The summed E-state index contributed by atoms with van der Waals surface area (Å²) in [5, 5.41) is 8.26. The van der Waals surface area contributed by atoms with Crippen LogP contribution in [0, 0.1) is 20.8 Å². The number of hydrogen-bond donors (Lipinski definition) is 2. The van der Waals surface area contributed by atoms with Crippen LogP contribution in [-0.2, 0) is 6.54 Å². The summed E-state index contributed by atoms with van der Waals surface area (Å²) in [5.74, 6) is -0.301. The van der Waals surface area contributed by atoms with Gasteiger partial charge in [0.15, 0.2) is 11.4 Å². The van der Waals surface area contributed by atoms with Crippen LogP contribution in [0.25, 0.3) is 22.4 Å². The molecular weight excluding hydrogens is 394 g/mol. The lowest BCUT2D eigenvalue weighted by Gasteiger charge is -2.11. The molecule has 31 heavy (non-hydrogen) atoms. The third kappa shape index (κ3) is 3.68. The van der Waals surface area contributed by atoms with Gasteiger partial charge in [-0.2, -0.15) is 5.10 Å². The maximum Gasteiger partial charge on any atom is 0.284 e. The van der Waals surface area contributed by atoms with Crippen LogP contribution in [0.4, 0.5) is 5.69 Å². The van der Waals surface area contributed by atoms with Gasteiger partial charge in [-0.1, -0.05) is 12.1 Å². The quantitative estimate of drug-likeness (QED) is 0.509. The largest absolute Gasteiger partial charge is 0.451 e. The molecule has 158 valence electrons. The lowest BCUT2D eigenvalue weighted by atomic mass is 10.1. The molecule has 3 aromatic heterocycles. The van der Waals surface area contributed by atoms with E-state index >= 15 is 0 Å². The summed E-state index contributed by atoms with van der Waals surface area (Å²) in [4.78, 5) is 29.2. The second-order valence-electron chi connectivity index (χ2n) is 7.42. The molecule has 4 aromatic rings. The highest BCUT2D eigenvalue weighted by Crippen LogP contribution is 2.29. The average Bonchev–Trinajstić information content (AvgIpc) is 3.34. The molecule has 0 unspecified atom stereocenters. The molecule has 3 N–H and O–H groups in total. The monoisotopic (exact) mass is 417 g/mol. The van der Waals surface area contributed by atoms with Crippen molar-refractivity contribution in [2.45, 2.75) is 34.2 Å². The van der Waals surface area contributed by atoms with Gasteiger partial charge in [-0.15, -0.1) is 0 Å². The van der Waals surface area contributed by atoms with Gasteiger partial charge >= 0.3 is 0 Å². The van der Waals surface area contributed by atoms with E-state index in [0.717, 1.165) is 27.9 Å². The highest BCUT2D eigenvalue weighted by atomic mass is 16.3. The number of benzene rings is 1. The van der Waals surface area contributed by atoms with Crippen molar-refractivity contribution in [2.24, 2.45) is 5.73 Å². The third-order valence-electron chi connectivity index (χ3n) is 5.17. The zero-order valence-electron chi connectivity index (χ0n) is 17.8. The van der Waals surface area contributed by atoms with Gasteiger partial charge in [-0.25, -0.2) is 9.67 Å². The fourth-order valence-corrected chi connectivity index (χ4v) is 3.60. The van der Waals surface area contributed by atoms with Gasteiger partial charge < -0.3 is 15.5 Å². The van der Waals surface area contributed by atoms with E-state index < -0.39 is 5.91 Å². The SMILES string of the molecule is CCn1nc(C)c2c(C(=O)Nc3cc(-c4ccc(C(N)=O)o4)ccc3C)cc(C)nc21. The van der Waals surface area contributed by atoms with Crippen LogP contribution in [0.3, 0.4) is 0 Å². The molecule has 0 bridgehead atoms. The van der Waals surface area contributed by atoms with E-state index in [1.54, 1.807) is 16.8 Å². The first-order valence-electron chi connectivity index (χ1n) is 9.95. The van der Waals surface area contributed by atoms with E-state index in [-0.39, 0.29) is 11.7 Å². The van der Waals surface area contributed by atoms with Crippen molar-refractivity contribution in [1.82, 2.24) is 14.8 Å². The number of carbonyl (C=O) groups excluding carboxylic acids is 2. The van der Waals surface area contributed by atoms with Crippen LogP contribution in [0.2, 0.25) is 0 Å². The first-order chi connectivity index (χ1) is 14.8. The van der Waals surface area contributed by atoms with Gasteiger partial charge in [0, 0.05) is 23.5 Å². The normalized spacial score (nSPS) is 11.1. The highest BCUT2D eigenvalue weighted by Gasteiger charge is 2.19. The van der Waals surface area contributed by atoms with Crippen molar-refractivity contribution < 1.29 is 14.0 Å². The Labute approximate surface area is 179 Å². The van der Waals surface area contributed by atoms with E-state index in [9.17, 15) is 9.59 Å². The molecule has 8 nitrogen and oxygen atoms in total. The number of carbonyl (C=O) groups is 2. The third-order valence-corrected chi connectivity index (χ3v) is 5.17. The maximum absolute atomic E-state index is 13.3. The highest BCUT2D eigenvalue weighted by molar-refractivity contribution is 6.13. The van der Waals surface area contributed by atoms with Gasteiger partial charge in [0.05, 0.1) is 16.6 Å². The zero-order chi connectivity index (χ0) is 22.3. The van der Waals surface area contributed by atoms with Gasteiger partial charge in [-0.05, 0) is 57.5 Å². The molecule has 0 aliphatic carbocycles. The predicted octanol–water partition coefficient (Wildman–Crippen LogP) is 3.99. The van der Waals surface area contributed by atoms with Crippen molar-refractivity contribution in [2.75, 3.05) is 5.32 Å². The van der Waals surface area contributed by atoms with Crippen LogP contribution in [0.15, 0.2) is 40.8 Å². The molecule has 0 saturated heterocycles. The molecule has 0 radical (unpaired) electrons. The lowest BCUT2D eigenvalue weighted by Crippen LogP contribution is -2.14. The van der Waals surface area contributed by atoms with E-state index in [0.29, 0.717) is 29.2 Å². The van der Waals surface area contributed by atoms with Crippen LogP contribution in [0.1, 0.15) is 44.8 Å². The number of rotatable bonds is 5. The molecule has 0 aliphatic rings. The number of aromatic nitrogens is 3. The molecule has 3 heterocycles.